The third-order valence-corrected chi connectivity index (χ3v) is 5.56. The first kappa shape index (κ1) is 17.5. The summed E-state index contributed by atoms with van der Waals surface area (Å²) in [5.41, 5.74) is 1.70. The average molecular weight is 443 g/mol. The molecule has 2 amide bonds. The van der Waals surface area contributed by atoms with Gasteiger partial charge in [0.25, 0.3) is 0 Å². The predicted molar refractivity (Wildman–Crippen MR) is 122 cm³/mol. The Hall–Kier alpha value is -3.13. The lowest BCUT2D eigenvalue weighted by Crippen LogP contribution is -2.38. The van der Waals surface area contributed by atoms with Gasteiger partial charge in [0.1, 0.15) is 5.82 Å². The average Bonchev–Trinajstić information content (AvgIpc) is 3.39. The Kier molecular flexibility index (Phi) is 4.84. The Bertz CT molecular complexity index is 1170. The second-order valence-electron chi connectivity index (χ2n) is 7.86. The molecule has 1 N–H and O–H groups in total. The first-order valence-corrected chi connectivity index (χ1v) is 10.4. The molecule has 8 nitrogen and oxygen atoms in total. The molecule has 2 aromatic heterocycles. The molecule has 0 unspecified atom stereocenters. The molecule has 31 heavy (non-hydrogen) atoms. The number of aromatic nitrogens is 4. The Morgan fingerprint density at radius 3 is 2.68 bits per heavy atom. The Labute approximate surface area is 191 Å². The molecule has 2 atom stereocenters. The van der Waals surface area contributed by atoms with Crippen LogP contribution in [0.3, 0.4) is 0 Å². The highest BCUT2D eigenvalue weighted by atomic mass is 35.5. The molecule has 9 heteroatoms. The first-order chi connectivity index (χ1) is 16.0. The molecular weight excluding hydrogens is 414 g/mol. The van der Waals surface area contributed by atoms with Crippen molar-refractivity contribution in [3.8, 4) is 5.69 Å². The molecule has 4 rings (SSSR count). The van der Waals surface area contributed by atoms with E-state index in [9.17, 15) is 4.79 Å². The van der Waals surface area contributed by atoms with Gasteiger partial charge in [0.05, 0.1) is 24.1 Å². The van der Waals surface area contributed by atoms with Crippen LogP contribution >= 0.6 is 11.6 Å². The van der Waals surface area contributed by atoms with Gasteiger partial charge in [-0.15, -0.1) is 0 Å². The molecule has 162 valence electrons. The molecule has 1 saturated heterocycles. The highest BCUT2D eigenvalue weighted by Gasteiger charge is 2.38. The lowest BCUT2D eigenvalue weighted by Gasteiger charge is -2.25. The summed E-state index contributed by atoms with van der Waals surface area (Å²) in [6.07, 6.45) is 5.16. The highest BCUT2D eigenvalue weighted by molar-refractivity contribution is 6.30. The zero-order valence-electron chi connectivity index (χ0n) is 20.5. The number of nitrogens with one attached hydrogen (secondary N) is 1. The zero-order valence-corrected chi connectivity index (χ0v) is 18.3. The number of urea groups is 1. The zero-order chi connectivity index (χ0) is 24.6. The number of benzene rings is 1. The second-order valence-corrected chi connectivity index (χ2v) is 8.30. The number of halogens is 1. The van der Waals surface area contributed by atoms with E-state index in [-0.39, 0.29) is 24.5 Å². The second kappa shape index (κ2) is 8.55. The summed E-state index contributed by atoms with van der Waals surface area (Å²) < 4.78 is 25.0. The fourth-order valence-corrected chi connectivity index (χ4v) is 3.66. The van der Waals surface area contributed by atoms with Crippen LogP contribution in [0, 0.1) is 5.92 Å². The third-order valence-electron chi connectivity index (χ3n) is 5.31. The van der Waals surface area contributed by atoms with Gasteiger partial charge in [-0.3, -0.25) is 4.90 Å². The quantitative estimate of drug-likeness (QED) is 0.612. The van der Waals surface area contributed by atoms with Crippen LogP contribution in [0.4, 0.5) is 16.6 Å². The fourth-order valence-electron chi connectivity index (χ4n) is 3.53. The van der Waals surface area contributed by atoms with Crippen molar-refractivity contribution < 1.29 is 8.91 Å². The number of hydrogen-bond donors (Lipinski definition) is 1. The fraction of sp³-hybridized carbons (Fsp3) is 0.364. The molecule has 0 saturated carbocycles. The Balaban J connectivity index is 1.53. The molecular formula is C22H26ClN7O. The predicted octanol–water partition coefficient (Wildman–Crippen LogP) is 4.39. The summed E-state index contributed by atoms with van der Waals surface area (Å²) in [4.78, 5) is 28.6. The van der Waals surface area contributed by atoms with Crippen molar-refractivity contribution in [2.24, 2.45) is 5.92 Å². The normalized spacial score (nSPS) is 19.3. The standard InChI is InChI=1S/C22H26ClN7O/c1-14(2)19-12-28(4)22(31)30(19)20-9-10-24-21(27-20)26-15(3)18-11-29(13-25-18)17-7-5-16(23)6-8-17/h5-11,13-15,19H,12H2,1-4H3,(H,24,26,27)/t15-,19+/m0/s1/i4D3. The number of imidazole rings is 1. The molecule has 3 aromatic rings. The molecule has 1 aliphatic heterocycles. The van der Waals surface area contributed by atoms with Gasteiger partial charge in [0.2, 0.25) is 5.95 Å². The number of carbonyl (C=O) groups excluding carboxylic acids is 1. The van der Waals surface area contributed by atoms with Gasteiger partial charge in [-0.2, -0.15) is 4.98 Å². The maximum Gasteiger partial charge on any atom is 0.325 e. The van der Waals surface area contributed by atoms with E-state index >= 15 is 0 Å². The number of nitrogens with zero attached hydrogens (tertiary/aromatic N) is 6. The molecule has 1 fully saturated rings. The highest BCUT2D eigenvalue weighted by Crippen LogP contribution is 2.27. The minimum Gasteiger partial charge on any atom is -0.346 e. The van der Waals surface area contributed by atoms with Gasteiger partial charge >= 0.3 is 6.03 Å². The van der Waals surface area contributed by atoms with Crippen LogP contribution in [-0.4, -0.2) is 50.0 Å². The summed E-state index contributed by atoms with van der Waals surface area (Å²) in [6.45, 7) is 3.43. The summed E-state index contributed by atoms with van der Waals surface area (Å²) in [6, 6.07) is 7.92. The smallest absolute Gasteiger partial charge is 0.325 e. The van der Waals surface area contributed by atoms with Gasteiger partial charge < -0.3 is 14.8 Å². The topological polar surface area (TPSA) is 79.2 Å². The molecule has 3 heterocycles. The van der Waals surface area contributed by atoms with Crippen molar-refractivity contribution in [1.29, 1.82) is 0 Å². The van der Waals surface area contributed by atoms with Crippen LogP contribution < -0.4 is 10.2 Å². The number of anilines is 2. The summed E-state index contributed by atoms with van der Waals surface area (Å²) in [5, 5.41) is 3.88. The van der Waals surface area contributed by atoms with E-state index < -0.39 is 13.0 Å². The maximum atomic E-state index is 13.0. The van der Waals surface area contributed by atoms with Crippen molar-refractivity contribution in [2.75, 3.05) is 23.7 Å². The van der Waals surface area contributed by atoms with Crippen molar-refractivity contribution in [3.63, 3.8) is 0 Å². The summed E-state index contributed by atoms with van der Waals surface area (Å²) in [7, 11) is 0. The Morgan fingerprint density at radius 2 is 1.97 bits per heavy atom. The number of hydrogen-bond acceptors (Lipinski definition) is 5. The van der Waals surface area contributed by atoms with E-state index in [0.717, 1.165) is 16.3 Å². The number of rotatable bonds is 6. The van der Waals surface area contributed by atoms with Gasteiger partial charge in [-0.1, -0.05) is 25.4 Å². The lowest BCUT2D eigenvalue weighted by molar-refractivity contribution is 0.229. The number of amides is 2. The van der Waals surface area contributed by atoms with Crippen LogP contribution in [-0.2, 0) is 0 Å². The molecule has 0 aliphatic carbocycles. The first-order valence-electron chi connectivity index (χ1n) is 11.5. The molecule has 0 spiro atoms. The van der Waals surface area contributed by atoms with E-state index in [4.69, 9.17) is 15.7 Å². The van der Waals surface area contributed by atoms with Crippen molar-refractivity contribution in [2.45, 2.75) is 32.9 Å². The molecule has 0 bridgehead atoms. The third kappa shape index (κ3) is 4.34. The maximum absolute atomic E-state index is 13.0. The minimum atomic E-state index is -2.51. The van der Waals surface area contributed by atoms with Crippen LogP contribution in [0.25, 0.3) is 5.69 Å². The molecule has 0 radical (unpaired) electrons. The largest absolute Gasteiger partial charge is 0.346 e. The van der Waals surface area contributed by atoms with Crippen LogP contribution in [0.2, 0.25) is 5.02 Å². The van der Waals surface area contributed by atoms with E-state index in [2.05, 4.69) is 20.3 Å². The van der Waals surface area contributed by atoms with Crippen molar-refractivity contribution >= 4 is 29.4 Å². The number of carbonyl (C=O) groups is 1. The van der Waals surface area contributed by atoms with Gasteiger partial charge in [0, 0.05) is 40.7 Å². The van der Waals surface area contributed by atoms with Crippen molar-refractivity contribution in [1.82, 2.24) is 24.4 Å². The van der Waals surface area contributed by atoms with E-state index in [1.165, 1.54) is 4.90 Å². The van der Waals surface area contributed by atoms with E-state index in [0.29, 0.717) is 16.8 Å². The molecule has 1 aromatic carbocycles. The van der Waals surface area contributed by atoms with Crippen molar-refractivity contribution in [3.05, 3.63) is 59.8 Å². The van der Waals surface area contributed by atoms with Gasteiger partial charge in [0.15, 0.2) is 0 Å². The monoisotopic (exact) mass is 442 g/mol. The van der Waals surface area contributed by atoms with Gasteiger partial charge in [-0.05, 0) is 43.2 Å². The van der Waals surface area contributed by atoms with Crippen LogP contribution in [0.5, 0.6) is 0 Å². The summed E-state index contributed by atoms with van der Waals surface area (Å²) >= 11 is 5.97. The van der Waals surface area contributed by atoms with E-state index in [1.807, 2.05) is 55.8 Å². The Morgan fingerprint density at radius 1 is 1.19 bits per heavy atom. The minimum absolute atomic E-state index is 0.0402. The molecule has 1 aliphatic rings. The van der Waals surface area contributed by atoms with Gasteiger partial charge in [-0.25, -0.2) is 14.8 Å². The SMILES string of the molecule is [2H]C([2H])([2H])N1C[C@H](C(C)C)N(c2ccnc(N[C@@H](C)c3cn(-c4ccc(Cl)cc4)cn3)n2)C1=O. The number of likely N-dealkylation sites (N-methyl/N-ethyl adjacent to an activating group) is 1. The van der Waals surface area contributed by atoms with E-state index in [1.54, 1.807) is 18.6 Å². The van der Waals surface area contributed by atoms with Crippen LogP contribution in [0.1, 0.15) is 36.6 Å². The summed E-state index contributed by atoms with van der Waals surface area (Å²) in [5.74, 6) is 0.707. The van der Waals surface area contributed by atoms with Crippen LogP contribution in [0.15, 0.2) is 49.1 Å². The lowest BCUT2D eigenvalue weighted by atomic mass is 10.0.